The number of aromatic nitrogens is 2. The molecule has 0 fully saturated rings. The van der Waals surface area contributed by atoms with Crippen molar-refractivity contribution in [1.82, 2.24) is 15.3 Å². The van der Waals surface area contributed by atoms with Crippen LogP contribution in [0.4, 0.5) is 0 Å². The lowest BCUT2D eigenvalue weighted by Crippen LogP contribution is -2.26. The quantitative estimate of drug-likeness (QED) is 0.831. The maximum absolute atomic E-state index is 11.9. The Bertz CT molecular complexity index is 628. The van der Waals surface area contributed by atoms with Crippen LogP contribution in [0.25, 0.3) is 11.0 Å². The van der Waals surface area contributed by atoms with E-state index >= 15 is 0 Å². The third kappa shape index (κ3) is 3.50. The van der Waals surface area contributed by atoms with Gasteiger partial charge in [-0.25, -0.2) is 0 Å². The van der Waals surface area contributed by atoms with Gasteiger partial charge >= 0.3 is 5.97 Å². The summed E-state index contributed by atoms with van der Waals surface area (Å²) in [7, 11) is 0. The van der Waals surface area contributed by atoms with E-state index in [4.69, 9.17) is 4.74 Å². The molecule has 1 amide bonds. The number of amides is 1. The Kier molecular flexibility index (Phi) is 4.60. The second kappa shape index (κ2) is 6.60. The minimum Gasteiger partial charge on any atom is -0.466 e. The number of ether oxygens (including phenoxy) is 1. The lowest BCUT2D eigenvalue weighted by Gasteiger charge is -2.05. The normalized spacial score (nSPS) is 10.2. The highest BCUT2D eigenvalue weighted by Gasteiger charge is 2.08. The van der Waals surface area contributed by atoms with E-state index in [1.54, 1.807) is 37.5 Å². The van der Waals surface area contributed by atoms with E-state index in [1.807, 2.05) is 0 Å². The molecule has 1 heterocycles. The third-order valence-electron chi connectivity index (χ3n) is 2.65. The number of carbonyl (C=O) groups is 2. The summed E-state index contributed by atoms with van der Waals surface area (Å²) in [6.07, 6.45) is 3.33. The van der Waals surface area contributed by atoms with Crippen molar-refractivity contribution in [3.63, 3.8) is 0 Å². The largest absolute Gasteiger partial charge is 0.466 e. The molecule has 0 saturated heterocycles. The Labute approximate surface area is 116 Å². The fourth-order valence-corrected chi connectivity index (χ4v) is 1.72. The number of carbonyl (C=O) groups excluding carboxylic acids is 2. The molecular formula is C14H15N3O3. The van der Waals surface area contributed by atoms with Gasteiger partial charge in [-0.05, 0) is 25.1 Å². The average molecular weight is 273 g/mol. The summed E-state index contributed by atoms with van der Waals surface area (Å²) in [5, 5.41) is 2.67. The van der Waals surface area contributed by atoms with Gasteiger partial charge in [-0.2, -0.15) is 0 Å². The predicted molar refractivity (Wildman–Crippen MR) is 73.1 cm³/mol. The minimum absolute atomic E-state index is 0.160. The molecule has 2 rings (SSSR count). The van der Waals surface area contributed by atoms with Crippen LogP contribution in [0.3, 0.4) is 0 Å². The number of esters is 1. The van der Waals surface area contributed by atoms with Gasteiger partial charge in [-0.15, -0.1) is 0 Å². The summed E-state index contributed by atoms with van der Waals surface area (Å²) in [5.74, 6) is -0.570. The van der Waals surface area contributed by atoms with E-state index in [9.17, 15) is 9.59 Å². The molecule has 0 spiro atoms. The first-order valence-electron chi connectivity index (χ1n) is 6.35. The molecule has 0 aliphatic rings. The van der Waals surface area contributed by atoms with Crippen LogP contribution in [-0.4, -0.2) is 35.0 Å². The van der Waals surface area contributed by atoms with Gasteiger partial charge in [0.1, 0.15) is 0 Å². The Morgan fingerprint density at radius 2 is 1.95 bits per heavy atom. The predicted octanol–water partition coefficient (Wildman–Crippen LogP) is 1.31. The summed E-state index contributed by atoms with van der Waals surface area (Å²) in [4.78, 5) is 31.3. The zero-order valence-corrected chi connectivity index (χ0v) is 11.1. The number of fused-ring (bicyclic) bond motifs is 1. The van der Waals surface area contributed by atoms with Gasteiger partial charge in [0.25, 0.3) is 5.91 Å². The number of benzene rings is 1. The molecule has 1 aromatic carbocycles. The summed E-state index contributed by atoms with van der Waals surface area (Å²) in [6.45, 7) is 2.33. The van der Waals surface area contributed by atoms with Crippen molar-refractivity contribution in [1.29, 1.82) is 0 Å². The molecule has 0 saturated carbocycles. The number of rotatable bonds is 5. The molecule has 0 radical (unpaired) electrons. The van der Waals surface area contributed by atoms with E-state index in [0.29, 0.717) is 17.7 Å². The molecule has 0 aliphatic heterocycles. The smallest absolute Gasteiger partial charge is 0.307 e. The second-order valence-corrected chi connectivity index (χ2v) is 4.07. The monoisotopic (exact) mass is 273 g/mol. The number of hydrogen-bond acceptors (Lipinski definition) is 5. The lowest BCUT2D eigenvalue weighted by atomic mass is 10.2. The van der Waals surface area contributed by atoms with Crippen LogP contribution < -0.4 is 5.32 Å². The molecule has 6 nitrogen and oxygen atoms in total. The first kappa shape index (κ1) is 13.9. The van der Waals surface area contributed by atoms with E-state index in [-0.39, 0.29) is 24.8 Å². The van der Waals surface area contributed by atoms with Crippen molar-refractivity contribution >= 4 is 22.9 Å². The molecule has 2 aromatic rings. The molecule has 1 aromatic heterocycles. The number of nitrogens with one attached hydrogen (secondary N) is 1. The summed E-state index contributed by atoms with van der Waals surface area (Å²) in [5.41, 5.74) is 1.88. The summed E-state index contributed by atoms with van der Waals surface area (Å²) in [6, 6.07) is 5.08. The fourth-order valence-electron chi connectivity index (χ4n) is 1.72. The minimum atomic E-state index is -0.322. The standard InChI is InChI=1S/C14H15N3O3/c1-2-20-13(18)5-6-17-14(19)10-3-4-11-12(9-10)16-8-7-15-11/h3-4,7-9H,2,5-6H2,1H3,(H,17,19). The van der Waals surface area contributed by atoms with Crippen molar-refractivity contribution in [2.75, 3.05) is 13.2 Å². The van der Waals surface area contributed by atoms with Gasteiger partial charge in [-0.1, -0.05) is 0 Å². The van der Waals surface area contributed by atoms with Gasteiger partial charge in [0, 0.05) is 24.5 Å². The maximum atomic E-state index is 11.9. The van der Waals surface area contributed by atoms with E-state index in [0.717, 1.165) is 5.52 Å². The van der Waals surface area contributed by atoms with Crippen LogP contribution in [0.1, 0.15) is 23.7 Å². The number of hydrogen-bond donors (Lipinski definition) is 1. The zero-order chi connectivity index (χ0) is 14.4. The van der Waals surface area contributed by atoms with Gasteiger partial charge in [-0.3, -0.25) is 19.6 Å². The molecule has 1 N–H and O–H groups in total. The first-order valence-corrected chi connectivity index (χ1v) is 6.35. The topological polar surface area (TPSA) is 81.2 Å². The Morgan fingerprint density at radius 1 is 1.20 bits per heavy atom. The van der Waals surface area contributed by atoms with Gasteiger partial charge in [0.2, 0.25) is 0 Å². The van der Waals surface area contributed by atoms with Crippen molar-refractivity contribution in [2.24, 2.45) is 0 Å². The lowest BCUT2D eigenvalue weighted by molar-refractivity contribution is -0.142. The van der Waals surface area contributed by atoms with E-state index in [1.165, 1.54) is 0 Å². The molecule has 20 heavy (non-hydrogen) atoms. The Morgan fingerprint density at radius 3 is 2.70 bits per heavy atom. The summed E-state index contributed by atoms with van der Waals surface area (Å²) < 4.78 is 4.78. The van der Waals surface area contributed by atoms with Crippen LogP contribution in [-0.2, 0) is 9.53 Å². The van der Waals surface area contributed by atoms with Crippen molar-refractivity contribution in [3.05, 3.63) is 36.2 Å². The highest BCUT2D eigenvalue weighted by atomic mass is 16.5. The molecule has 6 heteroatoms. The van der Waals surface area contributed by atoms with Crippen molar-refractivity contribution in [3.8, 4) is 0 Å². The molecule has 0 atom stereocenters. The molecule has 0 aliphatic carbocycles. The Balaban J connectivity index is 1.95. The third-order valence-corrected chi connectivity index (χ3v) is 2.65. The molecule has 0 unspecified atom stereocenters. The SMILES string of the molecule is CCOC(=O)CCNC(=O)c1ccc2nccnc2c1. The molecular weight excluding hydrogens is 258 g/mol. The van der Waals surface area contributed by atoms with Gasteiger partial charge < -0.3 is 10.1 Å². The highest BCUT2D eigenvalue weighted by molar-refractivity contribution is 5.97. The average Bonchev–Trinajstić information content (AvgIpc) is 2.47. The first-order chi connectivity index (χ1) is 9.70. The van der Waals surface area contributed by atoms with Crippen LogP contribution >= 0.6 is 0 Å². The summed E-state index contributed by atoms with van der Waals surface area (Å²) >= 11 is 0. The fraction of sp³-hybridized carbons (Fsp3) is 0.286. The van der Waals surface area contributed by atoms with Crippen LogP contribution in [0.2, 0.25) is 0 Å². The van der Waals surface area contributed by atoms with Crippen LogP contribution in [0, 0.1) is 0 Å². The van der Waals surface area contributed by atoms with Crippen LogP contribution in [0.15, 0.2) is 30.6 Å². The van der Waals surface area contributed by atoms with Crippen molar-refractivity contribution < 1.29 is 14.3 Å². The Hall–Kier alpha value is -2.50. The zero-order valence-electron chi connectivity index (χ0n) is 11.1. The second-order valence-electron chi connectivity index (χ2n) is 4.07. The number of nitrogens with zero attached hydrogens (tertiary/aromatic N) is 2. The van der Waals surface area contributed by atoms with Gasteiger partial charge in [0.15, 0.2) is 0 Å². The van der Waals surface area contributed by atoms with Gasteiger partial charge in [0.05, 0.1) is 24.1 Å². The molecule has 104 valence electrons. The van der Waals surface area contributed by atoms with E-state index in [2.05, 4.69) is 15.3 Å². The van der Waals surface area contributed by atoms with Crippen LogP contribution in [0.5, 0.6) is 0 Å². The van der Waals surface area contributed by atoms with Crippen molar-refractivity contribution in [2.45, 2.75) is 13.3 Å². The van der Waals surface area contributed by atoms with E-state index < -0.39 is 0 Å². The molecule has 0 bridgehead atoms. The highest BCUT2D eigenvalue weighted by Crippen LogP contribution is 2.10. The maximum Gasteiger partial charge on any atom is 0.307 e.